The van der Waals surface area contributed by atoms with Crippen LogP contribution in [0.3, 0.4) is 0 Å². The molecule has 7 heteroatoms. The number of rotatable bonds is 7. The Morgan fingerprint density at radius 2 is 1.71 bits per heavy atom. The lowest BCUT2D eigenvalue weighted by Gasteiger charge is -2.13. The summed E-state index contributed by atoms with van der Waals surface area (Å²) < 4.78 is 6.29. The molecule has 5 nitrogen and oxygen atoms in total. The maximum absolute atomic E-state index is 13.1. The van der Waals surface area contributed by atoms with Crippen molar-refractivity contribution in [1.82, 2.24) is 0 Å². The van der Waals surface area contributed by atoms with E-state index in [9.17, 15) is 9.59 Å². The van der Waals surface area contributed by atoms with Crippen LogP contribution in [0, 0.1) is 6.92 Å². The molecular formula is C27H23Cl2NO4. The van der Waals surface area contributed by atoms with E-state index >= 15 is 0 Å². The summed E-state index contributed by atoms with van der Waals surface area (Å²) in [7, 11) is 0. The van der Waals surface area contributed by atoms with Crippen molar-refractivity contribution in [2.24, 2.45) is 5.73 Å². The first-order chi connectivity index (χ1) is 16.3. The summed E-state index contributed by atoms with van der Waals surface area (Å²) in [6.45, 7) is 1.78. The number of benzene rings is 3. The summed E-state index contributed by atoms with van der Waals surface area (Å²) in [6.07, 6.45) is 1.19. The van der Waals surface area contributed by atoms with Gasteiger partial charge >= 0.3 is 5.97 Å². The summed E-state index contributed by atoms with van der Waals surface area (Å²) in [4.78, 5) is 24.1. The second-order valence-electron chi connectivity index (χ2n) is 8.23. The van der Waals surface area contributed by atoms with Gasteiger partial charge in [-0.15, -0.1) is 0 Å². The molecule has 4 rings (SSSR count). The van der Waals surface area contributed by atoms with Crippen molar-refractivity contribution in [1.29, 1.82) is 0 Å². The highest BCUT2D eigenvalue weighted by molar-refractivity contribution is 6.36. The van der Waals surface area contributed by atoms with Crippen LogP contribution in [0.2, 0.25) is 10.0 Å². The third kappa shape index (κ3) is 4.87. The van der Waals surface area contributed by atoms with Gasteiger partial charge in [0.15, 0.2) is 5.43 Å². The van der Waals surface area contributed by atoms with Crippen LogP contribution in [0.25, 0.3) is 22.3 Å². The molecule has 0 saturated heterocycles. The predicted octanol–water partition coefficient (Wildman–Crippen LogP) is 5.81. The lowest BCUT2D eigenvalue weighted by atomic mass is 9.98. The van der Waals surface area contributed by atoms with Crippen LogP contribution in [0.4, 0.5) is 0 Å². The quantitative estimate of drug-likeness (QED) is 0.337. The van der Waals surface area contributed by atoms with Gasteiger partial charge in [0.05, 0.1) is 5.39 Å². The number of fused-ring (bicyclic) bond motifs is 1. The monoisotopic (exact) mass is 495 g/mol. The van der Waals surface area contributed by atoms with Crippen molar-refractivity contribution < 1.29 is 14.3 Å². The fourth-order valence-electron chi connectivity index (χ4n) is 4.04. The molecule has 1 atom stereocenters. The number of aryl methyl sites for hydroxylation is 1. The highest BCUT2D eigenvalue weighted by atomic mass is 35.5. The molecule has 1 aromatic heterocycles. The SMILES string of the molecule is Cc1c(-c2ccccc2)oc2c(CCc3c(Cl)cc(CC(N)C(=O)O)cc3Cl)cccc2c1=O. The Morgan fingerprint density at radius 3 is 2.35 bits per heavy atom. The molecule has 0 fully saturated rings. The van der Waals surface area contributed by atoms with E-state index < -0.39 is 12.0 Å². The number of hydrogen-bond acceptors (Lipinski definition) is 4. The van der Waals surface area contributed by atoms with Crippen LogP contribution in [-0.2, 0) is 24.1 Å². The first-order valence-electron chi connectivity index (χ1n) is 10.8. The molecule has 1 unspecified atom stereocenters. The lowest BCUT2D eigenvalue weighted by molar-refractivity contribution is -0.138. The largest absolute Gasteiger partial charge is 0.480 e. The molecule has 3 N–H and O–H groups in total. The average molecular weight is 496 g/mol. The minimum Gasteiger partial charge on any atom is -0.480 e. The van der Waals surface area contributed by atoms with Crippen LogP contribution in [0.15, 0.2) is 69.9 Å². The van der Waals surface area contributed by atoms with Crippen LogP contribution >= 0.6 is 23.2 Å². The first-order valence-corrected chi connectivity index (χ1v) is 11.6. The molecule has 0 aliphatic carbocycles. The van der Waals surface area contributed by atoms with Crippen molar-refractivity contribution >= 4 is 40.1 Å². The Kier molecular flexibility index (Phi) is 7.08. The second-order valence-corrected chi connectivity index (χ2v) is 9.05. The van der Waals surface area contributed by atoms with Gasteiger partial charge in [0.25, 0.3) is 0 Å². The maximum Gasteiger partial charge on any atom is 0.320 e. The zero-order chi connectivity index (χ0) is 24.4. The maximum atomic E-state index is 13.1. The number of aliphatic carboxylic acids is 1. The van der Waals surface area contributed by atoms with E-state index in [1.165, 1.54) is 0 Å². The highest BCUT2D eigenvalue weighted by Gasteiger charge is 2.17. The summed E-state index contributed by atoms with van der Waals surface area (Å²) >= 11 is 13.0. The normalized spacial score (nSPS) is 12.1. The van der Waals surface area contributed by atoms with E-state index in [0.29, 0.717) is 50.7 Å². The van der Waals surface area contributed by atoms with Gasteiger partial charge in [-0.2, -0.15) is 0 Å². The number of carboxylic acids is 1. The van der Waals surface area contributed by atoms with Crippen molar-refractivity contribution in [3.63, 3.8) is 0 Å². The van der Waals surface area contributed by atoms with Crippen molar-refractivity contribution in [2.75, 3.05) is 0 Å². The Balaban J connectivity index is 1.68. The molecule has 4 aromatic rings. The molecule has 0 bridgehead atoms. The topological polar surface area (TPSA) is 93.5 Å². The Labute approximate surface area is 206 Å². The molecule has 0 aliphatic rings. The lowest BCUT2D eigenvalue weighted by Crippen LogP contribution is -2.32. The molecule has 0 radical (unpaired) electrons. The molecule has 0 saturated carbocycles. The Bertz CT molecular complexity index is 1410. The summed E-state index contributed by atoms with van der Waals surface area (Å²) in [5, 5.41) is 10.5. The standard InChI is InChI=1S/C27H23Cl2NO4/c1-15-24(31)20-9-5-8-18(26(20)34-25(15)17-6-3-2-4-7-17)10-11-19-21(28)12-16(13-22(19)29)14-23(30)27(32)33/h2-9,12-13,23H,10-11,14,30H2,1H3,(H,32,33). The van der Waals surface area contributed by atoms with Gasteiger partial charge in [0, 0.05) is 21.2 Å². The zero-order valence-electron chi connectivity index (χ0n) is 18.5. The van der Waals surface area contributed by atoms with Gasteiger partial charge in [-0.3, -0.25) is 9.59 Å². The summed E-state index contributed by atoms with van der Waals surface area (Å²) in [6, 6.07) is 17.5. The van der Waals surface area contributed by atoms with Gasteiger partial charge in [-0.05, 0) is 61.1 Å². The minimum absolute atomic E-state index is 0.0582. The number of nitrogens with two attached hydrogens (primary N) is 1. The molecule has 174 valence electrons. The number of carboxylic acid groups (broad SMARTS) is 1. The van der Waals surface area contributed by atoms with Crippen LogP contribution < -0.4 is 11.2 Å². The first kappa shape index (κ1) is 24.0. The fraction of sp³-hybridized carbons (Fsp3) is 0.185. The van der Waals surface area contributed by atoms with E-state index in [1.54, 1.807) is 25.1 Å². The number of carbonyl (C=O) groups is 1. The highest BCUT2D eigenvalue weighted by Crippen LogP contribution is 2.31. The predicted molar refractivity (Wildman–Crippen MR) is 136 cm³/mol. The third-order valence-electron chi connectivity index (χ3n) is 5.88. The summed E-state index contributed by atoms with van der Waals surface area (Å²) in [5.74, 6) is -0.528. The summed E-state index contributed by atoms with van der Waals surface area (Å²) in [5.41, 5.74) is 9.80. The minimum atomic E-state index is -1.08. The second kappa shape index (κ2) is 10.0. The van der Waals surface area contributed by atoms with Crippen LogP contribution in [0.1, 0.15) is 22.3 Å². The number of hydrogen-bond donors (Lipinski definition) is 2. The smallest absolute Gasteiger partial charge is 0.320 e. The molecule has 0 amide bonds. The Morgan fingerprint density at radius 1 is 1.03 bits per heavy atom. The van der Waals surface area contributed by atoms with E-state index in [2.05, 4.69) is 0 Å². The van der Waals surface area contributed by atoms with Crippen molar-refractivity contribution in [2.45, 2.75) is 32.2 Å². The molecule has 34 heavy (non-hydrogen) atoms. The number of halogens is 2. The zero-order valence-corrected chi connectivity index (χ0v) is 20.0. The van der Waals surface area contributed by atoms with Gasteiger partial charge in [-0.25, -0.2) is 0 Å². The third-order valence-corrected chi connectivity index (χ3v) is 6.55. The fourth-order valence-corrected chi connectivity index (χ4v) is 4.76. The van der Waals surface area contributed by atoms with Gasteiger partial charge in [-0.1, -0.05) is 65.7 Å². The average Bonchev–Trinajstić information content (AvgIpc) is 2.81. The van der Waals surface area contributed by atoms with Crippen molar-refractivity contribution in [3.05, 3.63) is 103 Å². The van der Waals surface area contributed by atoms with E-state index in [1.807, 2.05) is 42.5 Å². The Hall–Kier alpha value is -3.12. The molecule has 3 aromatic carbocycles. The van der Waals surface area contributed by atoms with Crippen LogP contribution in [-0.4, -0.2) is 17.1 Å². The molecule has 1 heterocycles. The molecule has 0 spiro atoms. The van der Waals surface area contributed by atoms with E-state index in [4.69, 9.17) is 38.5 Å². The molecule has 0 aliphatic heterocycles. The molecular weight excluding hydrogens is 473 g/mol. The van der Waals surface area contributed by atoms with Crippen LogP contribution in [0.5, 0.6) is 0 Å². The van der Waals surface area contributed by atoms with Gasteiger partial charge in [0.2, 0.25) is 0 Å². The van der Waals surface area contributed by atoms with Gasteiger partial charge in [0.1, 0.15) is 17.4 Å². The van der Waals surface area contributed by atoms with E-state index in [-0.39, 0.29) is 11.8 Å². The van der Waals surface area contributed by atoms with Gasteiger partial charge < -0.3 is 15.3 Å². The van der Waals surface area contributed by atoms with Crippen molar-refractivity contribution in [3.8, 4) is 11.3 Å². The number of para-hydroxylation sites is 1. The van der Waals surface area contributed by atoms with E-state index in [0.717, 1.165) is 16.7 Å².